The molecule has 1 saturated carbocycles. The maximum atomic E-state index is 12.4. The van der Waals surface area contributed by atoms with Gasteiger partial charge < -0.3 is 4.74 Å². The van der Waals surface area contributed by atoms with Gasteiger partial charge in [-0.2, -0.15) is 0 Å². The molecule has 1 amide bonds. The van der Waals surface area contributed by atoms with Gasteiger partial charge in [0.15, 0.2) is 0 Å². The molecule has 0 saturated heterocycles. The van der Waals surface area contributed by atoms with Crippen LogP contribution < -0.4 is 10.2 Å². The first-order valence-corrected chi connectivity index (χ1v) is 6.72. The van der Waals surface area contributed by atoms with Crippen LogP contribution in [0.2, 0.25) is 0 Å². The Morgan fingerprint density at radius 3 is 2.55 bits per heavy atom. The summed E-state index contributed by atoms with van der Waals surface area (Å²) in [6, 6.07) is 9.46. The van der Waals surface area contributed by atoms with E-state index in [9.17, 15) is 18.0 Å². The predicted octanol–water partition coefficient (Wildman–Crippen LogP) is 3.26. The number of ether oxygens (including phenoxy) is 1. The topological polar surface area (TPSA) is 43.3 Å². The Hall–Kier alpha value is -2.44. The Bertz CT molecular complexity index is 668. The van der Waals surface area contributed by atoms with Gasteiger partial charge in [0.2, 0.25) is 5.91 Å². The number of hydrogen-bond donors (Lipinski definition) is 1. The van der Waals surface area contributed by atoms with E-state index in [4.69, 9.17) is 0 Å². The van der Waals surface area contributed by atoms with Crippen LogP contribution in [0.25, 0.3) is 0 Å². The smallest absolute Gasteiger partial charge is 0.405 e. The maximum Gasteiger partial charge on any atom is 0.573 e. The number of hydrogen-bond acceptors (Lipinski definition) is 2. The van der Waals surface area contributed by atoms with Crippen LogP contribution in [0.15, 0.2) is 48.8 Å². The third-order valence-corrected chi connectivity index (χ3v) is 3.52. The fourth-order valence-electron chi connectivity index (χ4n) is 2.45. The van der Waals surface area contributed by atoms with Crippen molar-refractivity contribution in [1.29, 1.82) is 0 Å². The average Bonchev–Trinajstić information content (AvgIpc) is 3.08. The zero-order valence-corrected chi connectivity index (χ0v) is 11.4. The number of benzene rings is 1. The molecule has 1 heterocycles. The van der Waals surface area contributed by atoms with Crippen molar-refractivity contribution in [2.75, 3.05) is 5.43 Å². The molecule has 1 aromatic heterocycles. The van der Waals surface area contributed by atoms with E-state index in [1.807, 2.05) is 0 Å². The molecule has 1 N–H and O–H groups in total. The van der Waals surface area contributed by atoms with Crippen molar-refractivity contribution < 1.29 is 22.7 Å². The van der Waals surface area contributed by atoms with Crippen molar-refractivity contribution in [3.05, 3.63) is 54.4 Å². The zero-order chi connectivity index (χ0) is 15.7. The highest BCUT2D eigenvalue weighted by Crippen LogP contribution is 2.51. The summed E-state index contributed by atoms with van der Waals surface area (Å²) < 4.78 is 42.8. The van der Waals surface area contributed by atoms with Crippen LogP contribution in [0.5, 0.6) is 5.75 Å². The molecule has 3 rings (SSSR count). The van der Waals surface area contributed by atoms with Gasteiger partial charge in [-0.25, -0.2) is 0 Å². The summed E-state index contributed by atoms with van der Waals surface area (Å²) in [6.07, 6.45) is -0.884. The minimum atomic E-state index is -4.74. The molecule has 0 bridgehead atoms. The molecule has 116 valence electrons. The van der Waals surface area contributed by atoms with E-state index in [0.717, 1.165) is 0 Å². The van der Waals surface area contributed by atoms with Gasteiger partial charge >= 0.3 is 6.36 Å². The summed E-state index contributed by atoms with van der Waals surface area (Å²) in [4.78, 5) is 12.1. The number of alkyl halides is 3. The van der Waals surface area contributed by atoms with Crippen molar-refractivity contribution in [2.45, 2.75) is 18.7 Å². The second-order valence-electron chi connectivity index (χ2n) is 5.10. The predicted molar refractivity (Wildman–Crippen MR) is 72.8 cm³/mol. The van der Waals surface area contributed by atoms with Gasteiger partial charge in [0, 0.05) is 18.3 Å². The average molecular weight is 310 g/mol. The van der Waals surface area contributed by atoms with Gasteiger partial charge in [0.25, 0.3) is 0 Å². The standard InChI is InChI=1S/C15H13F3N2O2/c16-15(17,18)22-13-6-2-1-5-10(13)11-9-12(11)14(21)19-20-7-3-4-8-20/h1-8,11-12H,9H2,(H,19,21)/t11-,12+/m1/s1. The lowest BCUT2D eigenvalue weighted by atomic mass is 10.1. The van der Waals surface area contributed by atoms with Gasteiger partial charge in [-0.05, 0) is 36.1 Å². The largest absolute Gasteiger partial charge is 0.573 e. The molecular formula is C15H13F3N2O2. The van der Waals surface area contributed by atoms with E-state index in [0.29, 0.717) is 12.0 Å². The molecule has 7 heteroatoms. The minimum Gasteiger partial charge on any atom is -0.405 e. The first-order chi connectivity index (χ1) is 10.4. The maximum absolute atomic E-state index is 12.4. The lowest BCUT2D eigenvalue weighted by Crippen LogP contribution is -2.23. The van der Waals surface area contributed by atoms with Crippen molar-refractivity contribution >= 4 is 5.91 Å². The lowest BCUT2D eigenvalue weighted by Gasteiger charge is -2.13. The number of rotatable bonds is 4. The molecule has 1 aromatic carbocycles. The van der Waals surface area contributed by atoms with Crippen LogP contribution in [0.1, 0.15) is 17.9 Å². The Balaban J connectivity index is 1.70. The number of amides is 1. The van der Waals surface area contributed by atoms with E-state index >= 15 is 0 Å². The summed E-state index contributed by atoms with van der Waals surface area (Å²) in [5.41, 5.74) is 3.08. The molecule has 22 heavy (non-hydrogen) atoms. The molecule has 0 spiro atoms. The quantitative estimate of drug-likeness (QED) is 0.942. The van der Waals surface area contributed by atoms with Crippen LogP contribution in [0.4, 0.5) is 13.2 Å². The highest BCUT2D eigenvalue weighted by Gasteiger charge is 2.46. The Morgan fingerprint density at radius 2 is 1.86 bits per heavy atom. The highest BCUT2D eigenvalue weighted by atomic mass is 19.4. The summed E-state index contributed by atoms with van der Waals surface area (Å²) >= 11 is 0. The summed E-state index contributed by atoms with van der Waals surface area (Å²) in [5, 5.41) is 0. The zero-order valence-electron chi connectivity index (χ0n) is 11.4. The van der Waals surface area contributed by atoms with Crippen LogP contribution in [0, 0.1) is 5.92 Å². The van der Waals surface area contributed by atoms with Crippen LogP contribution >= 0.6 is 0 Å². The van der Waals surface area contributed by atoms with E-state index in [1.165, 1.54) is 16.8 Å². The Morgan fingerprint density at radius 1 is 1.18 bits per heavy atom. The molecule has 0 radical (unpaired) electrons. The molecule has 0 unspecified atom stereocenters. The van der Waals surface area contributed by atoms with E-state index in [-0.39, 0.29) is 23.5 Å². The fourth-order valence-corrected chi connectivity index (χ4v) is 2.45. The number of carbonyl (C=O) groups excluding carboxylic acids is 1. The molecule has 4 nitrogen and oxygen atoms in total. The van der Waals surface area contributed by atoms with Gasteiger partial charge in [0.05, 0.1) is 0 Å². The lowest BCUT2D eigenvalue weighted by molar-refractivity contribution is -0.274. The number of halogens is 3. The van der Waals surface area contributed by atoms with Gasteiger partial charge in [-0.3, -0.25) is 14.9 Å². The van der Waals surface area contributed by atoms with Gasteiger partial charge in [-0.15, -0.1) is 13.2 Å². The van der Waals surface area contributed by atoms with Crippen molar-refractivity contribution in [3.8, 4) is 5.75 Å². The monoisotopic (exact) mass is 310 g/mol. The SMILES string of the molecule is O=C(Nn1cccc1)[C@H]1C[C@@H]1c1ccccc1OC(F)(F)F. The molecule has 1 fully saturated rings. The summed E-state index contributed by atoms with van der Waals surface area (Å²) in [6.45, 7) is 0. The molecular weight excluding hydrogens is 297 g/mol. The van der Waals surface area contributed by atoms with Crippen molar-refractivity contribution in [1.82, 2.24) is 4.68 Å². The molecule has 2 atom stereocenters. The molecule has 2 aromatic rings. The van der Waals surface area contributed by atoms with Crippen LogP contribution in [-0.2, 0) is 4.79 Å². The third-order valence-electron chi connectivity index (χ3n) is 3.52. The number of carbonyl (C=O) groups is 1. The summed E-state index contributed by atoms with van der Waals surface area (Å²) in [5.74, 6) is -1.06. The van der Waals surface area contributed by atoms with Crippen LogP contribution in [-0.4, -0.2) is 16.9 Å². The summed E-state index contributed by atoms with van der Waals surface area (Å²) in [7, 11) is 0. The molecule has 1 aliphatic carbocycles. The molecule has 1 aliphatic rings. The number of nitrogens with one attached hydrogen (secondary N) is 1. The first kappa shape index (κ1) is 14.5. The second kappa shape index (κ2) is 5.40. The number of nitrogens with zero attached hydrogens (tertiary/aromatic N) is 1. The minimum absolute atomic E-state index is 0.219. The van der Waals surface area contributed by atoms with E-state index in [1.54, 1.807) is 36.7 Å². The second-order valence-corrected chi connectivity index (χ2v) is 5.10. The highest BCUT2D eigenvalue weighted by molar-refractivity contribution is 5.89. The van der Waals surface area contributed by atoms with Gasteiger partial charge in [-0.1, -0.05) is 18.2 Å². The van der Waals surface area contributed by atoms with E-state index < -0.39 is 6.36 Å². The number of para-hydroxylation sites is 1. The normalized spacial score (nSPS) is 20.5. The van der Waals surface area contributed by atoms with Crippen LogP contribution in [0.3, 0.4) is 0 Å². The molecule has 0 aliphatic heterocycles. The van der Waals surface area contributed by atoms with Crippen molar-refractivity contribution in [3.63, 3.8) is 0 Å². The Kier molecular flexibility index (Phi) is 3.56. The Labute approximate surface area is 124 Å². The first-order valence-electron chi connectivity index (χ1n) is 6.72. The third kappa shape index (κ3) is 3.24. The van der Waals surface area contributed by atoms with E-state index in [2.05, 4.69) is 10.2 Å². The van der Waals surface area contributed by atoms with Gasteiger partial charge in [0.1, 0.15) is 5.75 Å². The number of aromatic nitrogens is 1. The fraction of sp³-hybridized carbons (Fsp3) is 0.267. The van der Waals surface area contributed by atoms with Crippen molar-refractivity contribution in [2.24, 2.45) is 5.92 Å².